The molecule has 8 nitrogen and oxygen atoms in total. The van der Waals surface area contributed by atoms with E-state index < -0.39 is 18.0 Å². The zero-order valence-corrected chi connectivity index (χ0v) is 18.0. The maximum absolute atomic E-state index is 10.3. The van der Waals surface area contributed by atoms with Crippen molar-refractivity contribution in [2.24, 2.45) is 0 Å². The molecule has 0 radical (unpaired) electrons. The van der Waals surface area contributed by atoms with Crippen LogP contribution in [0.4, 0.5) is 0 Å². The number of aliphatic hydroxyl groups is 1. The molecule has 3 aromatic rings. The Morgan fingerprint density at radius 2 is 1.48 bits per heavy atom. The van der Waals surface area contributed by atoms with Crippen molar-refractivity contribution >= 4 is 22.7 Å². The number of aromatic hydroxyl groups is 2. The van der Waals surface area contributed by atoms with Crippen LogP contribution in [0.15, 0.2) is 72.8 Å². The molecule has 0 aliphatic heterocycles. The van der Waals surface area contributed by atoms with Gasteiger partial charge in [0.1, 0.15) is 11.5 Å². The van der Waals surface area contributed by atoms with E-state index >= 15 is 0 Å². The van der Waals surface area contributed by atoms with Gasteiger partial charge >= 0.3 is 11.9 Å². The van der Waals surface area contributed by atoms with E-state index in [0.717, 1.165) is 6.42 Å². The van der Waals surface area contributed by atoms with Crippen LogP contribution in [0.25, 0.3) is 10.8 Å². The van der Waals surface area contributed by atoms with Gasteiger partial charge in [0.15, 0.2) is 0 Å². The van der Waals surface area contributed by atoms with E-state index in [9.17, 15) is 24.9 Å². The summed E-state index contributed by atoms with van der Waals surface area (Å²) in [6.07, 6.45) is 1.16. The second kappa shape index (κ2) is 12.2. The molecule has 3 rings (SSSR count). The summed E-state index contributed by atoms with van der Waals surface area (Å²) in [6.45, 7) is 2.42. The van der Waals surface area contributed by atoms with Gasteiger partial charge in [-0.2, -0.15) is 0 Å². The molecule has 0 saturated carbocycles. The van der Waals surface area contributed by atoms with E-state index in [1.54, 1.807) is 0 Å². The van der Waals surface area contributed by atoms with Gasteiger partial charge in [0.05, 0.1) is 6.10 Å². The van der Waals surface area contributed by atoms with Gasteiger partial charge in [-0.15, -0.1) is 0 Å². The van der Waals surface area contributed by atoms with E-state index in [2.05, 4.69) is 42.6 Å². The minimum Gasteiger partial charge on any atom is -0.508 e. The highest BCUT2D eigenvalue weighted by atomic mass is 16.4. The molecular formula is C25H27NO7. The lowest BCUT2D eigenvalue weighted by atomic mass is 9.99. The Kier molecular flexibility index (Phi) is 9.41. The highest BCUT2D eigenvalue weighted by Crippen LogP contribution is 2.25. The molecule has 0 spiro atoms. The summed E-state index contributed by atoms with van der Waals surface area (Å²) in [5.74, 6) is -2.63. The highest BCUT2D eigenvalue weighted by Gasteiger charge is 2.12. The number of hydrogen-bond donors (Lipinski definition) is 6. The number of aliphatic carboxylic acids is 2. The predicted octanol–water partition coefficient (Wildman–Crippen LogP) is 3.22. The van der Waals surface area contributed by atoms with Crippen LogP contribution >= 0.6 is 0 Å². The van der Waals surface area contributed by atoms with Gasteiger partial charge in [-0.05, 0) is 47.4 Å². The van der Waals surface area contributed by atoms with Crippen LogP contribution in [0.2, 0.25) is 0 Å². The number of phenols is 2. The average Bonchev–Trinajstić information content (AvgIpc) is 2.76. The van der Waals surface area contributed by atoms with Gasteiger partial charge in [0.2, 0.25) is 0 Å². The molecule has 8 heteroatoms. The fraction of sp³-hybridized carbons (Fsp3) is 0.200. The molecule has 0 aliphatic rings. The SMILES string of the molecule is C[C@@H](Cc1cccc2ccccc12)NC[C@@H](O)c1cc(O)cc(O)c1.O=C(O)/C=C/C(=O)O. The second-order valence-corrected chi connectivity index (χ2v) is 7.46. The summed E-state index contributed by atoms with van der Waals surface area (Å²) in [4.78, 5) is 19.1. The molecule has 0 heterocycles. The van der Waals surface area contributed by atoms with E-state index in [4.69, 9.17) is 10.2 Å². The number of carboxylic acid groups (broad SMARTS) is 2. The van der Waals surface area contributed by atoms with Gasteiger partial charge in [-0.3, -0.25) is 0 Å². The number of nitrogens with one attached hydrogen (secondary N) is 1. The van der Waals surface area contributed by atoms with Crippen molar-refractivity contribution in [2.45, 2.75) is 25.5 Å². The Hall–Kier alpha value is -3.88. The van der Waals surface area contributed by atoms with Gasteiger partial charge in [-0.1, -0.05) is 42.5 Å². The third kappa shape index (κ3) is 8.64. The van der Waals surface area contributed by atoms with Crippen molar-refractivity contribution in [3.8, 4) is 11.5 Å². The normalized spacial score (nSPS) is 12.7. The molecule has 2 atom stereocenters. The molecule has 0 fully saturated rings. The number of benzene rings is 3. The quantitative estimate of drug-likeness (QED) is 0.285. The van der Waals surface area contributed by atoms with Crippen molar-refractivity contribution in [2.75, 3.05) is 6.54 Å². The number of fused-ring (bicyclic) bond motifs is 1. The fourth-order valence-corrected chi connectivity index (χ4v) is 3.26. The summed E-state index contributed by atoms with van der Waals surface area (Å²) in [5.41, 5.74) is 1.75. The minimum absolute atomic E-state index is 0.0575. The molecule has 0 bridgehead atoms. The number of phenolic OH excluding ortho intramolecular Hbond substituents is 2. The molecule has 174 valence electrons. The molecular weight excluding hydrogens is 426 g/mol. The zero-order chi connectivity index (χ0) is 24.4. The molecule has 0 aromatic heterocycles. The predicted molar refractivity (Wildman–Crippen MR) is 124 cm³/mol. The van der Waals surface area contributed by atoms with Crippen LogP contribution in [-0.4, -0.2) is 50.1 Å². The Morgan fingerprint density at radius 3 is 2.09 bits per heavy atom. The third-order valence-corrected chi connectivity index (χ3v) is 4.74. The number of aliphatic hydroxyl groups excluding tert-OH is 1. The van der Waals surface area contributed by atoms with Crippen LogP contribution < -0.4 is 5.32 Å². The first-order valence-corrected chi connectivity index (χ1v) is 10.2. The lowest BCUT2D eigenvalue weighted by Crippen LogP contribution is -2.32. The maximum atomic E-state index is 10.3. The smallest absolute Gasteiger partial charge is 0.328 e. The number of rotatable bonds is 8. The molecule has 0 saturated heterocycles. The monoisotopic (exact) mass is 453 g/mol. The van der Waals surface area contributed by atoms with Crippen molar-refractivity contribution in [3.63, 3.8) is 0 Å². The van der Waals surface area contributed by atoms with Crippen LogP contribution in [0.1, 0.15) is 24.2 Å². The molecule has 0 amide bonds. The van der Waals surface area contributed by atoms with Gasteiger partial charge in [0, 0.05) is 30.8 Å². The van der Waals surface area contributed by atoms with Gasteiger partial charge in [-0.25, -0.2) is 9.59 Å². The number of carboxylic acids is 2. The molecule has 3 aromatic carbocycles. The first-order chi connectivity index (χ1) is 15.7. The molecule has 6 N–H and O–H groups in total. The van der Waals surface area contributed by atoms with E-state index in [-0.39, 0.29) is 17.5 Å². The first kappa shape index (κ1) is 25.4. The third-order valence-electron chi connectivity index (χ3n) is 4.74. The average molecular weight is 453 g/mol. The van der Waals surface area contributed by atoms with E-state index in [1.165, 1.54) is 34.5 Å². The molecule has 33 heavy (non-hydrogen) atoms. The van der Waals surface area contributed by atoms with Crippen LogP contribution in [-0.2, 0) is 16.0 Å². The fourth-order valence-electron chi connectivity index (χ4n) is 3.26. The van der Waals surface area contributed by atoms with Gasteiger partial charge in [0.25, 0.3) is 0 Å². The zero-order valence-electron chi connectivity index (χ0n) is 18.0. The van der Waals surface area contributed by atoms with E-state index in [0.29, 0.717) is 24.3 Å². The second-order valence-electron chi connectivity index (χ2n) is 7.46. The Bertz CT molecular complexity index is 1090. The summed E-state index contributed by atoms with van der Waals surface area (Å²) < 4.78 is 0. The standard InChI is InChI=1S/C21H23NO3.C4H4O4/c1-14(9-16-7-4-6-15-5-2-3-8-20(15)16)22-13-21(25)17-10-18(23)12-19(24)11-17;5-3(6)1-2-4(7)8/h2-8,10-12,14,21-25H,9,13H2,1H3;1-2H,(H,5,6)(H,7,8)/b;2-1+/t14-,21+;/m0./s1. The summed E-state index contributed by atoms with van der Waals surface area (Å²) in [6, 6.07) is 18.9. The first-order valence-electron chi connectivity index (χ1n) is 10.2. The minimum atomic E-state index is -1.26. The number of hydrogen-bond acceptors (Lipinski definition) is 6. The van der Waals surface area contributed by atoms with Crippen molar-refractivity contribution in [1.29, 1.82) is 0 Å². The summed E-state index contributed by atoms with van der Waals surface area (Å²) >= 11 is 0. The van der Waals surface area contributed by atoms with Crippen LogP contribution in [0, 0.1) is 0 Å². The Morgan fingerprint density at radius 1 is 0.909 bits per heavy atom. The van der Waals surface area contributed by atoms with Gasteiger partial charge < -0.3 is 30.8 Å². The van der Waals surface area contributed by atoms with Crippen LogP contribution in [0.3, 0.4) is 0 Å². The molecule has 0 aliphatic carbocycles. The topological polar surface area (TPSA) is 147 Å². The Balaban J connectivity index is 0.000000414. The van der Waals surface area contributed by atoms with E-state index in [1.807, 2.05) is 12.1 Å². The lowest BCUT2D eigenvalue weighted by Gasteiger charge is -2.18. The Labute approximate surface area is 191 Å². The molecule has 0 unspecified atom stereocenters. The number of carbonyl (C=O) groups is 2. The van der Waals surface area contributed by atoms with Crippen molar-refractivity contribution in [1.82, 2.24) is 5.32 Å². The summed E-state index contributed by atoms with van der Waals surface area (Å²) in [5, 5.41) is 50.7. The van der Waals surface area contributed by atoms with Crippen molar-refractivity contribution in [3.05, 3.63) is 83.9 Å². The van der Waals surface area contributed by atoms with Crippen LogP contribution in [0.5, 0.6) is 11.5 Å². The van der Waals surface area contributed by atoms with Crippen molar-refractivity contribution < 1.29 is 35.1 Å². The maximum Gasteiger partial charge on any atom is 0.328 e. The summed E-state index contributed by atoms with van der Waals surface area (Å²) in [7, 11) is 0. The largest absolute Gasteiger partial charge is 0.508 e. The lowest BCUT2D eigenvalue weighted by molar-refractivity contribution is -0.134. The highest BCUT2D eigenvalue weighted by molar-refractivity contribution is 5.89.